The Bertz CT molecular complexity index is 544. The van der Waals surface area contributed by atoms with Crippen LogP contribution in [0, 0.1) is 22.0 Å². The number of hydrogen-bond donors (Lipinski definition) is 1. The number of hydrogen-bond acceptors (Lipinski definition) is 4. The summed E-state index contributed by atoms with van der Waals surface area (Å²) in [5.74, 6) is 1.83. The van der Waals surface area contributed by atoms with Crippen LogP contribution < -0.4 is 10.1 Å². The first-order valence-corrected chi connectivity index (χ1v) is 7.75. The van der Waals surface area contributed by atoms with Crippen molar-refractivity contribution >= 4 is 11.4 Å². The van der Waals surface area contributed by atoms with Gasteiger partial charge in [0.25, 0.3) is 0 Å². The second-order valence-corrected chi connectivity index (χ2v) is 6.50. The molecule has 1 aromatic carbocycles. The molecule has 2 aliphatic rings. The van der Waals surface area contributed by atoms with Gasteiger partial charge in [0.2, 0.25) is 0 Å². The van der Waals surface area contributed by atoms with Crippen molar-refractivity contribution in [1.29, 1.82) is 0 Å². The molecule has 114 valence electrons. The Morgan fingerprint density at radius 2 is 2.14 bits per heavy atom. The first-order chi connectivity index (χ1) is 10.0. The van der Waals surface area contributed by atoms with Crippen molar-refractivity contribution in [2.75, 3.05) is 5.32 Å². The van der Waals surface area contributed by atoms with Crippen molar-refractivity contribution in [2.45, 2.75) is 51.7 Å². The van der Waals surface area contributed by atoms with E-state index in [-0.39, 0.29) is 16.7 Å². The molecule has 0 aliphatic heterocycles. The fourth-order valence-corrected chi connectivity index (χ4v) is 3.80. The smallest absolute Gasteiger partial charge is 0.333 e. The third-order valence-electron chi connectivity index (χ3n) is 4.62. The summed E-state index contributed by atoms with van der Waals surface area (Å²) in [7, 11) is 0. The van der Waals surface area contributed by atoms with Crippen LogP contribution in [0.3, 0.4) is 0 Å². The molecule has 3 unspecified atom stereocenters. The fourth-order valence-electron chi connectivity index (χ4n) is 3.80. The summed E-state index contributed by atoms with van der Waals surface area (Å²) in [4.78, 5) is 11.1. The first-order valence-electron chi connectivity index (χ1n) is 7.75. The van der Waals surface area contributed by atoms with Crippen molar-refractivity contribution in [3.05, 3.63) is 28.3 Å². The molecule has 0 amide bonds. The third kappa shape index (κ3) is 2.82. The zero-order chi connectivity index (χ0) is 15.0. The van der Waals surface area contributed by atoms with Crippen LogP contribution >= 0.6 is 0 Å². The summed E-state index contributed by atoms with van der Waals surface area (Å²) in [6.45, 7) is 3.75. The minimum Gasteiger partial charge on any atom is -0.484 e. The van der Waals surface area contributed by atoms with Crippen LogP contribution in [-0.2, 0) is 0 Å². The number of ether oxygens (including phenoxy) is 1. The highest BCUT2D eigenvalue weighted by Crippen LogP contribution is 2.46. The first kappa shape index (κ1) is 14.2. The zero-order valence-electron chi connectivity index (χ0n) is 12.5. The number of anilines is 1. The summed E-state index contributed by atoms with van der Waals surface area (Å²) < 4.78 is 5.59. The maximum atomic E-state index is 11.4. The number of para-hydroxylation sites is 1. The van der Waals surface area contributed by atoms with Crippen molar-refractivity contribution in [1.82, 2.24) is 0 Å². The molecule has 5 nitrogen and oxygen atoms in total. The van der Waals surface area contributed by atoms with E-state index in [4.69, 9.17) is 4.74 Å². The molecule has 3 atom stereocenters. The van der Waals surface area contributed by atoms with Crippen LogP contribution in [0.15, 0.2) is 18.2 Å². The van der Waals surface area contributed by atoms with Crippen LogP contribution in [0.5, 0.6) is 5.75 Å². The topological polar surface area (TPSA) is 64.4 Å². The SMILES string of the molecule is CC(C)Oc1cccc(NC2CC3CCC2C3)c1[N+](=O)[O-]. The summed E-state index contributed by atoms with van der Waals surface area (Å²) in [5, 5.41) is 14.9. The van der Waals surface area contributed by atoms with Gasteiger partial charge in [-0.25, -0.2) is 0 Å². The van der Waals surface area contributed by atoms with Gasteiger partial charge in [-0.05, 0) is 57.1 Å². The molecule has 21 heavy (non-hydrogen) atoms. The molecule has 1 aromatic rings. The van der Waals surface area contributed by atoms with E-state index < -0.39 is 0 Å². The van der Waals surface area contributed by atoms with Gasteiger partial charge in [-0.15, -0.1) is 0 Å². The standard InChI is InChI=1S/C16H22N2O3/c1-10(2)21-15-5-3-4-13(16(15)18(19)20)17-14-9-11-6-7-12(14)8-11/h3-5,10-12,14,17H,6-9H2,1-2H3. The summed E-state index contributed by atoms with van der Waals surface area (Å²) in [5.41, 5.74) is 0.657. The van der Waals surface area contributed by atoms with E-state index in [0.717, 1.165) is 12.3 Å². The lowest BCUT2D eigenvalue weighted by molar-refractivity contribution is -0.385. The Kier molecular flexibility index (Phi) is 3.74. The Balaban J connectivity index is 1.85. The third-order valence-corrected chi connectivity index (χ3v) is 4.62. The van der Waals surface area contributed by atoms with Crippen LogP contribution in [0.2, 0.25) is 0 Å². The van der Waals surface area contributed by atoms with E-state index in [2.05, 4.69) is 5.32 Å². The average molecular weight is 290 g/mol. The molecule has 0 saturated heterocycles. The minimum absolute atomic E-state index is 0.0639. The molecule has 2 fully saturated rings. The molecule has 3 rings (SSSR count). The molecular formula is C16H22N2O3. The summed E-state index contributed by atoms with van der Waals surface area (Å²) in [6, 6.07) is 5.65. The Labute approximate surface area is 124 Å². The zero-order valence-corrected chi connectivity index (χ0v) is 12.5. The molecule has 1 N–H and O–H groups in total. The molecule has 2 saturated carbocycles. The van der Waals surface area contributed by atoms with Crippen LogP contribution in [0.25, 0.3) is 0 Å². The van der Waals surface area contributed by atoms with Gasteiger partial charge >= 0.3 is 5.69 Å². The molecule has 0 aromatic heterocycles. The predicted octanol–water partition coefficient (Wildman–Crippen LogP) is 3.98. The van der Waals surface area contributed by atoms with E-state index in [1.54, 1.807) is 12.1 Å². The highest BCUT2D eigenvalue weighted by Gasteiger charge is 2.40. The van der Waals surface area contributed by atoms with Gasteiger partial charge in [0, 0.05) is 6.04 Å². The van der Waals surface area contributed by atoms with E-state index in [1.807, 2.05) is 19.9 Å². The van der Waals surface area contributed by atoms with E-state index in [0.29, 0.717) is 23.4 Å². The van der Waals surface area contributed by atoms with Crippen LogP contribution in [0.1, 0.15) is 39.5 Å². The Morgan fingerprint density at radius 1 is 1.33 bits per heavy atom. The van der Waals surface area contributed by atoms with Gasteiger partial charge in [0.1, 0.15) is 5.69 Å². The number of nitro benzene ring substituents is 1. The van der Waals surface area contributed by atoms with Crippen molar-refractivity contribution in [3.8, 4) is 5.75 Å². The van der Waals surface area contributed by atoms with Crippen LogP contribution in [-0.4, -0.2) is 17.1 Å². The highest BCUT2D eigenvalue weighted by molar-refractivity contribution is 5.69. The second-order valence-electron chi connectivity index (χ2n) is 6.50. The maximum Gasteiger partial charge on any atom is 0.333 e. The molecular weight excluding hydrogens is 268 g/mol. The van der Waals surface area contributed by atoms with Gasteiger partial charge in [-0.2, -0.15) is 0 Å². The van der Waals surface area contributed by atoms with Gasteiger partial charge in [-0.3, -0.25) is 10.1 Å². The second kappa shape index (κ2) is 5.54. The number of benzene rings is 1. The molecule has 2 bridgehead atoms. The summed E-state index contributed by atoms with van der Waals surface area (Å²) in [6.07, 6.45) is 4.89. The van der Waals surface area contributed by atoms with Gasteiger partial charge in [0.15, 0.2) is 5.75 Å². The van der Waals surface area contributed by atoms with E-state index in [1.165, 1.54) is 19.3 Å². The van der Waals surface area contributed by atoms with E-state index in [9.17, 15) is 10.1 Å². The predicted molar refractivity (Wildman–Crippen MR) is 81.7 cm³/mol. The lowest BCUT2D eigenvalue weighted by Gasteiger charge is -2.24. The minimum atomic E-state index is -0.340. The molecule has 5 heteroatoms. The van der Waals surface area contributed by atoms with Crippen LogP contribution in [0.4, 0.5) is 11.4 Å². The number of rotatable bonds is 5. The molecule has 0 radical (unpaired) electrons. The van der Waals surface area contributed by atoms with Gasteiger partial charge in [0.05, 0.1) is 11.0 Å². The number of nitro groups is 1. The van der Waals surface area contributed by atoms with E-state index >= 15 is 0 Å². The van der Waals surface area contributed by atoms with Gasteiger partial charge < -0.3 is 10.1 Å². The number of nitrogens with one attached hydrogen (secondary N) is 1. The summed E-state index contributed by atoms with van der Waals surface area (Å²) >= 11 is 0. The maximum absolute atomic E-state index is 11.4. The highest BCUT2D eigenvalue weighted by atomic mass is 16.6. The Morgan fingerprint density at radius 3 is 2.71 bits per heavy atom. The largest absolute Gasteiger partial charge is 0.484 e. The number of nitrogens with zero attached hydrogens (tertiary/aromatic N) is 1. The monoisotopic (exact) mass is 290 g/mol. The van der Waals surface area contributed by atoms with Gasteiger partial charge in [-0.1, -0.05) is 12.5 Å². The van der Waals surface area contributed by atoms with Crippen molar-refractivity contribution in [2.24, 2.45) is 11.8 Å². The normalized spacial score (nSPS) is 27.1. The number of fused-ring (bicyclic) bond motifs is 2. The molecule has 2 aliphatic carbocycles. The van der Waals surface area contributed by atoms with Crippen molar-refractivity contribution in [3.63, 3.8) is 0 Å². The fraction of sp³-hybridized carbons (Fsp3) is 0.625. The lowest BCUT2D eigenvalue weighted by Crippen LogP contribution is -2.26. The lowest BCUT2D eigenvalue weighted by atomic mass is 9.95. The van der Waals surface area contributed by atoms with Crippen molar-refractivity contribution < 1.29 is 9.66 Å². The average Bonchev–Trinajstić information content (AvgIpc) is 3.00. The molecule has 0 spiro atoms. The quantitative estimate of drug-likeness (QED) is 0.658. The molecule has 0 heterocycles. The Hall–Kier alpha value is -1.78.